The Morgan fingerprint density at radius 1 is 1.03 bits per heavy atom. The van der Waals surface area contributed by atoms with Crippen molar-refractivity contribution in [3.05, 3.63) is 77.8 Å². The van der Waals surface area contributed by atoms with E-state index in [1.54, 1.807) is 0 Å². The number of aromatic nitrogens is 6. The van der Waals surface area contributed by atoms with Crippen LogP contribution in [0.2, 0.25) is 0 Å². The lowest BCUT2D eigenvalue weighted by atomic mass is 9.92. The maximum absolute atomic E-state index is 13.7. The lowest BCUT2D eigenvalue weighted by molar-refractivity contribution is -0.210. The third-order valence-electron chi connectivity index (χ3n) is 6.09. The van der Waals surface area contributed by atoms with Crippen LogP contribution in [0.25, 0.3) is 16.9 Å². The molecule has 1 aliphatic heterocycles. The van der Waals surface area contributed by atoms with Crippen LogP contribution in [-0.4, -0.2) is 70.0 Å². The number of benzene rings is 2. The SMILES string of the molecule is Cc1ccc(-n2ncnc2[C@@H]2O[C@H](CO)[C@H](O)[C@H](n3cc(-c4cc(F)c(F)c(F)c4)nn3)[C@H]2O)cc1. The standard InChI is InChI=1S/C23H21F3N6O4/c1-11-2-4-13(5-3-11)32-23(27-10-28-32)22-21(35)19(20(34)17(9-33)36-22)31-8-16(29-30-31)12-6-14(24)18(26)15(25)7-12/h2-8,10,17,19-22,33-35H,9H2,1H3/t17-,19+,20+,21-,22-/m1/s1. The maximum Gasteiger partial charge on any atom is 0.194 e. The minimum Gasteiger partial charge on any atom is -0.394 e. The summed E-state index contributed by atoms with van der Waals surface area (Å²) in [6, 6.07) is 7.69. The highest BCUT2D eigenvalue weighted by molar-refractivity contribution is 5.58. The van der Waals surface area contributed by atoms with Gasteiger partial charge in [-0.25, -0.2) is 27.5 Å². The summed E-state index contributed by atoms with van der Waals surface area (Å²) in [6.07, 6.45) is -2.65. The summed E-state index contributed by atoms with van der Waals surface area (Å²) in [6.45, 7) is 1.34. The first-order valence-corrected chi connectivity index (χ1v) is 10.9. The molecule has 5 rings (SSSR count). The zero-order valence-corrected chi connectivity index (χ0v) is 18.8. The second-order valence-electron chi connectivity index (χ2n) is 8.45. The largest absolute Gasteiger partial charge is 0.394 e. The van der Waals surface area contributed by atoms with E-state index in [4.69, 9.17) is 4.74 Å². The quantitative estimate of drug-likeness (QED) is 0.351. The van der Waals surface area contributed by atoms with Gasteiger partial charge in [0.15, 0.2) is 23.3 Å². The number of aliphatic hydroxyl groups excluding tert-OH is 3. The molecule has 3 N–H and O–H groups in total. The van der Waals surface area contributed by atoms with Crippen molar-refractivity contribution >= 4 is 0 Å². The van der Waals surface area contributed by atoms with Crippen molar-refractivity contribution in [2.24, 2.45) is 0 Å². The van der Waals surface area contributed by atoms with Crippen molar-refractivity contribution in [3.8, 4) is 16.9 Å². The number of aryl methyl sites for hydroxylation is 1. The smallest absolute Gasteiger partial charge is 0.194 e. The van der Waals surface area contributed by atoms with Crippen LogP contribution >= 0.6 is 0 Å². The number of aliphatic hydroxyl groups is 3. The van der Waals surface area contributed by atoms with Crippen LogP contribution in [0.4, 0.5) is 13.2 Å². The number of ether oxygens (including phenoxy) is 1. The summed E-state index contributed by atoms with van der Waals surface area (Å²) >= 11 is 0. The first-order chi connectivity index (χ1) is 17.3. The average molecular weight is 502 g/mol. The lowest BCUT2D eigenvalue weighted by Crippen LogP contribution is -2.53. The van der Waals surface area contributed by atoms with Gasteiger partial charge in [-0.1, -0.05) is 22.9 Å². The molecule has 4 aromatic rings. The van der Waals surface area contributed by atoms with Crippen molar-refractivity contribution in [2.75, 3.05) is 6.61 Å². The van der Waals surface area contributed by atoms with Crippen molar-refractivity contribution in [2.45, 2.75) is 37.4 Å². The molecule has 1 aliphatic rings. The minimum absolute atomic E-state index is 0.0291. The highest BCUT2D eigenvalue weighted by Crippen LogP contribution is 2.38. The summed E-state index contributed by atoms with van der Waals surface area (Å²) in [7, 11) is 0. The molecule has 10 nitrogen and oxygen atoms in total. The Hall–Kier alpha value is -3.65. The van der Waals surface area contributed by atoms with Crippen molar-refractivity contribution in [1.29, 1.82) is 0 Å². The number of hydrogen-bond acceptors (Lipinski definition) is 8. The molecule has 36 heavy (non-hydrogen) atoms. The number of hydrogen-bond donors (Lipinski definition) is 3. The van der Waals surface area contributed by atoms with Crippen molar-refractivity contribution < 1.29 is 33.2 Å². The third kappa shape index (κ3) is 4.15. The zero-order chi connectivity index (χ0) is 25.6. The van der Waals surface area contributed by atoms with Gasteiger partial charge in [0.2, 0.25) is 0 Å². The molecule has 0 saturated carbocycles. The second kappa shape index (κ2) is 9.43. The molecule has 0 spiro atoms. The monoisotopic (exact) mass is 502 g/mol. The van der Waals surface area contributed by atoms with Gasteiger partial charge < -0.3 is 20.1 Å². The number of nitrogens with zero attached hydrogens (tertiary/aromatic N) is 6. The van der Waals surface area contributed by atoms with Gasteiger partial charge >= 0.3 is 0 Å². The van der Waals surface area contributed by atoms with E-state index in [9.17, 15) is 28.5 Å². The molecule has 188 valence electrons. The summed E-state index contributed by atoms with van der Waals surface area (Å²) < 4.78 is 49.1. The van der Waals surface area contributed by atoms with E-state index < -0.39 is 54.5 Å². The van der Waals surface area contributed by atoms with E-state index in [1.807, 2.05) is 31.2 Å². The molecule has 0 radical (unpaired) electrons. The van der Waals surface area contributed by atoms with E-state index >= 15 is 0 Å². The van der Waals surface area contributed by atoms with Crippen LogP contribution < -0.4 is 0 Å². The van der Waals surface area contributed by atoms with Gasteiger partial charge in [0.1, 0.15) is 42.5 Å². The van der Waals surface area contributed by atoms with Gasteiger partial charge in [-0.05, 0) is 31.2 Å². The molecule has 0 bridgehead atoms. The fraction of sp³-hybridized carbons (Fsp3) is 0.304. The summed E-state index contributed by atoms with van der Waals surface area (Å²) in [5.41, 5.74) is 1.55. The summed E-state index contributed by atoms with van der Waals surface area (Å²) in [5, 5.41) is 43.9. The van der Waals surface area contributed by atoms with Crippen LogP contribution in [0.3, 0.4) is 0 Å². The highest BCUT2D eigenvalue weighted by Gasteiger charge is 2.48. The molecule has 5 atom stereocenters. The Bertz CT molecular complexity index is 1360. The number of rotatable bonds is 5. The molecule has 2 aromatic carbocycles. The Labute approximate surface area is 202 Å². The molecule has 1 saturated heterocycles. The Morgan fingerprint density at radius 3 is 2.39 bits per heavy atom. The maximum atomic E-state index is 13.7. The van der Waals surface area contributed by atoms with E-state index in [0.29, 0.717) is 5.69 Å². The predicted octanol–water partition coefficient (Wildman–Crippen LogP) is 1.65. The van der Waals surface area contributed by atoms with Crippen molar-refractivity contribution in [1.82, 2.24) is 29.8 Å². The second-order valence-corrected chi connectivity index (χ2v) is 8.45. The van der Waals surface area contributed by atoms with Crippen LogP contribution in [0.1, 0.15) is 23.5 Å². The lowest BCUT2D eigenvalue weighted by Gasteiger charge is -2.41. The van der Waals surface area contributed by atoms with E-state index in [1.165, 1.54) is 17.2 Å². The van der Waals surface area contributed by atoms with Gasteiger partial charge in [-0.2, -0.15) is 5.10 Å². The van der Waals surface area contributed by atoms with Crippen molar-refractivity contribution in [3.63, 3.8) is 0 Å². The minimum atomic E-state index is -1.62. The molecule has 1 fully saturated rings. The normalized spacial score (nSPS) is 24.2. The van der Waals surface area contributed by atoms with Crippen LogP contribution in [0.5, 0.6) is 0 Å². The van der Waals surface area contributed by atoms with Gasteiger partial charge in [0.25, 0.3) is 0 Å². The summed E-state index contributed by atoms with van der Waals surface area (Å²) in [5.74, 6) is -4.21. The zero-order valence-electron chi connectivity index (χ0n) is 18.8. The fourth-order valence-electron chi connectivity index (χ4n) is 4.22. The molecule has 2 aromatic heterocycles. The van der Waals surface area contributed by atoms with Crippen LogP contribution in [0, 0.1) is 24.4 Å². The van der Waals surface area contributed by atoms with Gasteiger partial charge in [0.05, 0.1) is 18.5 Å². The molecule has 13 heteroatoms. The third-order valence-corrected chi connectivity index (χ3v) is 6.09. The van der Waals surface area contributed by atoms with Crippen LogP contribution in [-0.2, 0) is 4.74 Å². The average Bonchev–Trinajstić information content (AvgIpc) is 3.54. The Morgan fingerprint density at radius 2 is 1.72 bits per heavy atom. The van der Waals surface area contributed by atoms with E-state index in [0.717, 1.165) is 22.4 Å². The number of halogens is 3. The fourth-order valence-corrected chi connectivity index (χ4v) is 4.22. The van der Waals surface area contributed by atoms with E-state index in [-0.39, 0.29) is 17.1 Å². The molecular formula is C23H21F3N6O4. The highest BCUT2D eigenvalue weighted by atomic mass is 19.2. The van der Waals surface area contributed by atoms with E-state index in [2.05, 4.69) is 20.4 Å². The molecule has 0 unspecified atom stereocenters. The Kier molecular flexibility index (Phi) is 6.30. The van der Waals surface area contributed by atoms with Gasteiger partial charge in [-0.15, -0.1) is 5.10 Å². The topological polar surface area (TPSA) is 131 Å². The first-order valence-electron chi connectivity index (χ1n) is 10.9. The molecular weight excluding hydrogens is 481 g/mol. The molecule has 3 heterocycles. The first kappa shape index (κ1) is 24.1. The molecule has 0 aliphatic carbocycles. The van der Waals surface area contributed by atoms with Gasteiger partial charge in [0, 0.05) is 5.56 Å². The Balaban J connectivity index is 1.51. The van der Waals surface area contributed by atoms with Gasteiger partial charge in [-0.3, -0.25) is 0 Å². The predicted molar refractivity (Wildman–Crippen MR) is 117 cm³/mol. The summed E-state index contributed by atoms with van der Waals surface area (Å²) in [4.78, 5) is 4.23. The molecule has 0 amide bonds. The van der Waals surface area contributed by atoms with Crippen LogP contribution in [0.15, 0.2) is 48.9 Å².